The van der Waals surface area contributed by atoms with E-state index in [0.29, 0.717) is 43.5 Å². The molecular formula is C29H26N2O5. The topological polar surface area (TPSA) is 92.8 Å². The number of imide groups is 1. The van der Waals surface area contributed by atoms with Gasteiger partial charge in [0.25, 0.3) is 5.91 Å². The first kappa shape index (κ1) is 23.5. The molecule has 0 spiro atoms. The minimum atomic E-state index is -0.630. The normalized spacial score (nSPS) is 17.1. The van der Waals surface area contributed by atoms with E-state index >= 15 is 0 Å². The summed E-state index contributed by atoms with van der Waals surface area (Å²) in [5.41, 5.74) is 3.29. The van der Waals surface area contributed by atoms with Gasteiger partial charge in [-0.15, -0.1) is 0 Å². The lowest BCUT2D eigenvalue weighted by Crippen LogP contribution is -2.52. The molecule has 1 fully saturated rings. The number of benzene rings is 3. The van der Waals surface area contributed by atoms with E-state index in [1.807, 2.05) is 66.7 Å². The number of aryl methyl sites for hydroxylation is 1. The molecule has 36 heavy (non-hydrogen) atoms. The molecule has 2 aliphatic rings. The second kappa shape index (κ2) is 10.2. The molecule has 1 N–H and O–H groups in total. The number of hydrogen-bond donors (Lipinski definition) is 1. The molecular weight excluding hydrogens is 456 g/mol. The number of para-hydroxylation sites is 1. The summed E-state index contributed by atoms with van der Waals surface area (Å²) in [5.74, 6) is 0.634. The van der Waals surface area contributed by atoms with Crippen LogP contribution < -0.4 is 10.1 Å². The largest absolute Gasteiger partial charge is 0.457 e. The number of amides is 3. The Morgan fingerprint density at radius 1 is 0.917 bits per heavy atom. The smallest absolute Gasteiger partial charge is 0.255 e. The number of ketones is 1. The zero-order valence-electron chi connectivity index (χ0n) is 19.7. The van der Waals surface area contributed by atoms with Gasteiger partial charge in [-0.3, -0.25) is 24.5 Å². The van der Waals surface area contributed by atoms with Gasteiger partial charge in [-0.05, 0) is 59.9 Å². The van der Waals surface area contributed by atoms with E-state index in [4.69, 9.17) is 4.74 Å². The Hall–Kier alpha value is -4.26. The lowest BCUT2D eigenvalue weighted by Gasteiger charge is -2.29. The summed E-state index contributed by atoms with van der Waals surface area (Å²) in [7, 11) is 0. The number of rotatable bonds is 8. The Bertz CT molecular complexity index is 1330. The van der Waals surface area contributed by atoms with E-state index in [1.54, 1.807) is 6.07 Å². The SMILES string of the molecule is O=C(CCc1ccc2c(c1)CN(C1CCC(=O)NC1=O)C2=O)Cc1cccc(Oc2ccccc2)c1. The minimum Gasteiger partial charge on any atom is -0.457 e. The number of hydrogen-bond acceptors (Lipinski definition) is 5. The Kier molecular flexibility index (Phi) is 6.62. The summed E-state index contributed by atoms with van der Waals surface area (Å²) >= 11 is 0. The second-order valence-corrected chi connectivity index (χ2v) is 9.17. The number of piperidine rings is 1. The van der Waals surface area contributed by atoms with Gasteiger partial charge in [-0.25, -0.2) is 0 Å². The molecule has 5 rings (SSSR count). The lowest BCUT2D eigenvalue weighted by molar-refractivity contribution is -0.137. The van der Waals surface area contributed by atoms with E-state index in [9.17, 15) is 19.2 Å². The summed E-state index contributed by atoms with van der Waals surface area (Å²) < 4.78 is 5.86. The number of carbonyl (C=O) groups excluding carboxylic acids is 4. The van der Waals surface area contributed by atoms with Gasteiger partial charge >= 0.3 is 0 Å². The minimum absolute atomic E-state index is 0.119. The number of ether oxygens (including phenoxy) is 1. The Morgan fingerprint density at radius 3 is 2.53 bits per heavy atom. The standard InChI is InChI=1S/C29H26N2O5/c32-22(16-20-5-4-8-24(17-20)36-23-6-2-1-3-7-23)11-9-19-10-12-25-21(15-19)18-31(29(25)35)26-13-14-27(33)30-28(26)34/h1-8,10,12,15,17,26H,9,11,13-14,16,18H2,(H,30,33,34). The van der Waals surface area contributed by atoms with Crippen molar-refractivity contribution in [3.05, 3.63) is 95.1 Å². The highest BCUT2D eigenvalue weighted by Crippen LogP contribution is 2.29. The Balaban J connectivity index is 1.17. The zero-order valence-corrected chi connectivity index (χ0v) is 19.7. The highest BCUT2D eigenvalue weighted by atomic mass is 16.5. The van der Waals surface area contributed by atoms with Crippen LogP contribution in [0, 0.1) is 0 Å². The summed E-state index contributed by atoms with van der Waals surface area (Å²) in [4.78, 5) is 50.7. The summed E-state index contributed by atoms with van der Waals surface area (Å²) in [6, 6.07) is 22.0. The number of nitrogens with one attached hydrogen (secondary N) is 1. The third kappa shape index (κ3) is 5.20. The third-order valence-corrected chi connectivity index (χ3v) is 6.56. The van der Waals surface area contributed by atoms with Crippen molar-refractivity contribution in [2.45, 2.75) is 44.7 Å². The fourth-order valence-corrected chi connectivity index (χ4v) is 4.73. The molecule has 3 amide bonds. The molecule has 3 aromatic carbocycles. The van der Waals surface area contributed by atoms with Crippen molar-refractivity contribution in [3.63, 3.8) is 0 Å². The quantitative estimate of drug-likeness (QED) is 0.490. The van der Waals surface area contributed by atoms with Crippen LogP contribution in [0.4, 0.5) is 0 Å². The van der Waals surface area contributed by atoms with E-state index in [1.165, 1.54) is 4.90 Å². The first-order valence-corrected chi connectivity index (χ1v) is 12.1. The second-order valence-electron chi connectivity index (χ2n) is 9.17. The molecule has 2 heterocycles. The molecule has 7 heteroatoms. The van der Waals surface area contributed by atoms with Crippen molar-refractivity contribution in [1.82, 2.24) is 10.2 Å². The Labute approximate surface area is 209 Å². The maximum absolute atomic E-state index is 12.8. The maximum atomic E-state index is 12.8. The van der Waals surface area contributed by atoms with Crippen LogP contribution in [0.2, 0.25) is 0 Å². The van der Waals surface area contributed by atoms with Gasteiger partial charge in [0, 0.05) is 31.4 Å². The molecule has 0 saturated carbocycles. The van der Waals surface area contributed by atoms with Gasteiger partial charge in [-0.2, -0.15) is 0 Å². The molecule has 3 aromatic rings. The van der Waals surface area contributed by atoms with Crippen molar-refractivity contribution in [2.75, 3.05) is 0 Å². The average molecular weight is 483 g/mol. The van der Waals surface area contributed by atoms with Crippen molar-refractivity contribution in [3.8, 4) is 11.5 Å². The van der Waals surface area contributed by atoms with Crippen LogP contribution in [0.5, 0.6) is 11.5 Å². The van der Waals surface area contributed by atoms with Crippen LogP contribution >= 0.6 is 0 Å². The molecule has 0 aliphatic carbocycles. The summed E-state index contributed by atoms with van der Waals surface area (Å²) in [5, 5.41) is 2.32. The summed E-state index contributed by atoms with van der Waals surface area (Å²) in [6.45, 7) is 0.330. The van der Waals surface area contributed by atoms with Crippen LogP contribution in [0.15, 0.2) is 72.8 Å². The molecule has 2 aliphatic heterocycles. The molecule has 1 unspecified atom stereocenters. The third-order valence-electron chi connectivity index (χ3n) is 6.56. The van der Waals surface area contributed by atoms with Crippen LogP contribution in [0.1, 0.15) is 46.3 Å². The molecule has 0 bridgehead atoms. The summed E-state index contributed by atoms with van der Waals surface area (Å²) in [6.07, 6.45) is 1.83. The predicted octanol–water partition coefficient (Wildman–Crippen LogP) is 3.98. The average Bonchev–Trinajstić information content (AvgIpc) is 3.19. The van der Waals surface area contributed by atoms with Crippen LogP contribution in [-0.4, -0.2) is 34.4 Å². The van der Waals surface area contributed by atoms with E-state index < -0.39 is 11.9 Å². The monoisotopic (exact) mass is 482 g/mol. The van der Waals surface area contributed by atoms with Crippen LogP contribution in [-0.2, 0) is 33.8 Å². The first-order valence-electron chi connectivity index (χ1n) is 12.1. The molecule has 0 radical (unpaired) electrons. The maximum Gasteiger partial charge on any atom is 0.255 e. The lowest BCUT2D eigenvalue weighted by atomic mass is 9.99. The van der Waals surface area contributed by atoms with Gasteiger partial charge < -0.3 is 9.64 Å². The molecule has 1 saturated heterocycles. The van der Waals surface area contributed by atoms with Crippen LogP contribution in [0.25, 0.3) is 0 Å². The number of fused-ring (bicyclic) bond motifs is 1. The van der Waals surface area contributed by atoms with Crippen molar-refractivity contribution < 1.29 is 23.9 Å². The van der Waals surface area contributed by atoms with E-state index in [-0.39, 0.29) is 24.0 Å². The highest BCUT2D eigenvalue weighted by Gasteiger charge is 2.39. The first-order chi connectivity index (χ1) is 17.5. The molecule has 0 aromatic heterocycles. The fraction of sp³-hybridized carbons (Fsp3) is 0.241. The molecule has 182 valence electrons. The Morgan fingerprint density at radius 2 is 1.72 bits per heavy atom. The van der Waals surface area contributed by atoms with Crippen molar-refractivity contribution in [2.24, 2.45) is 0 Å². The zero-order chi connectivity index (χ0) is 25.1. The van der Waals surface area contributed by atoms with Crippen LogP contribution in [0.3, 0.4) is 0 Å². The highest BCUT2D eigenvalue weighted by molar-refractivity contribution is 6.05. The van der Waals surface area contributed by atoms with E-state index in [2.05, 4.69) is 5.32 Å². The van der Waals surface area contributed by atoms with Crippen molar-refractivity contribution in [1.29, 1.82) is 0 Å². The number of nitrogens with zero attached hydrogens (tertiary/aromatic N) is 1. The van der Waals surface area contributed by atoms with Gasteiger partial charge in [0.1, 0.15) is 23.3 Å². The fourth-order valence-electron chi connectivity index (χ4n) is 4.73. The van der Waals surface area contributed by atoms with Gasteiger partial charge in [-0.1, -0.05) is 42.5 Å². The van der Waals surface area contributed by atoms with Gasteiger partial charge in [0.05, 0.1) is 0 Å². The molecule has 1 atom stereocenters. The van der Waals surface area contributed by atoms with Gasteiger partial charge in [0.2, 0.25) is 11.8 Å². The number of Topliss-reactive ketones (excluding diaryl/α,β-unsaturated/α-hetero) is 1. The van der Waals surface area contributed by atoms with Crippen molar-refractivity contribution >= 4 is 23.5 Å². The predicted molar refractivity (Wildman–Crippen MR) is 132 cm³/mol. The van der Waals surface area contributed by atoms with E-state index in [0.717, 1.165) is 22.4 Å². The molecule has 7 nitrogen and oxygen atoms in total. The number of carbonyl (C=O) groups is 4. The van der Waals surface area contributed by atoms with Gasteiger partial charge in [0.15, 0.2) is 0 Å².